The van der Waals surface area contributed by atoms with E-state index in [0.29, 0.717) is 23.5 Å². The molecule has 10 nitrogen and oxygen atoms in total. The molecule has 210 valence electrons. The fraction of sp³-hybridized carbons (Fsp3) is 0.0370. The Morgan fingerprint density at radius 2 is 1.26 bits per heavy atom. The summed E-state index contributed by atoms with van der Waals surface area (Å²) in [6.45, 7) is 0. The van der Waals surface area contributed by atoms with Gasteiger partial charge in [-0.1, -0.05) is 73.9 Å². The molecule has 0 spiro atoms. The summed E-state index contributed by atoms with van der Waals surface area (Å²) in [7, 11) is 3.17. The van der Waals surface area contributed by atoms with Crippen molar-refractivity contribution in [3.63, 3.8) is 0 Å². The second-order valence-corrected chi connectivity index (χ2v) is 13.3. The smallest absolute Gasteiger partial charge is 0.232 e. The summed E-state index contributed by atoms with van der Waals surface area (Å²) >= 11 is 8.65. The van der Waals surface area contributed by atoms with Crippen molar-refractivity contribution in [3.8, 4) is 11.4 Å². The predicted octanol–water partition coefficient (Wildman–Crippen LogP) is 8.06. The quantitative estimate of drug-likeness (QED) is 0.108. The maximum atomic E-state index is 6.03. The van der Waals surface area contributed by atoms with Gasteiger partial charge in [-0.2, -0.15) is 41.2 Å². The van der Waals surface area contributed by atoms with Gasteiger partial charge in [-0.25, -0.2) is 0 Å². The topological polar surface area (TPSA) is 153 Å². The summed E-state index contributed by atoms with van der Waals surface area (Å²) in [6.07, 6.45) is 4.91. The molecule has 6 N–H and O–H groups in total. The number of nitrogens with two attached hydrogens (primary N) is 2. The number of allylic oxidation sites excluding steroid dienone is 4. The van der Waals surface area contributed by atoms with Crippen LogP contribution in [0.1, 0.15) is 12.2 Å². The molecule has 15 heteroatoms. The van der Waals surface area contributed by atoms with E-state index in [0.717, 1.165) is 47.7 Å². The lowest BCUT2D eigenvalue weighted by Crippen LogP contribution is -2.07. The number of thiophene rings is 1. The number of hydrogen-bond acceptors (Lipinski definition) is 13. The summed E-state index contributed by atoms with van der Waals surface area (Å²) < 4.78 is 1.84. The van der Waals surface area contributed by atoms with Crippen LogP contribution in [0.2, 0.25) is 0 Å². The molecule has 3 aromatic heterocycles. The third-order valence-electron chi connectivity index (χ3n) is 5.77. The fourth-order valence-electron chi connectivity index (χ4n) is 3.88. The van der Waals surface area contributed by atoms with E-state index in [4.69, 9.17) is 11.5 Å². The van der Waals surface area contributed by atoms with Crippen LogP contribution < -0.4 is 22.1 Å². The molecule has 42 heavy (non-hydrogen) atoms. The third kappa shape index (κ3) is 6.60. The number of halogens is 2. The van der Waals surface area contributed by atoms with Crippen molar-refractivity contribution in [2.45, 2.75) is 16.2 Å². The predicted molar refractivity (Wildman–Crippen MR) is 180 cm³/mol. The van der Waals surface area contributed by atoms with E-state index < -0.39 is 0 Å². The van der Waals surface area contributed by atoms with Gasteiger partial charge in [0.15, 0.2) is 11.6 Å². The highest BCUT2D eigenvalue weighted by atomic mass is 79.9. The SMILES string of the molecule is Nc1nc(Nc2ccccc2SSc2ccccc2Nc2nc(N)nc(-c3cscc3Br)n2)nc(C2=CCC=C2Br)n1. The van der Waals surface area contributed by atoms with Crippen LogP contribution in [0.5, 0.6) is 0 Å². The first-order valence-corrected chi connectivity index (χ1v) is 17.0. The van der Waals surface area contributed by atoms with Gasteiger partial charge in [-0.05, 0) is 46.6 Å². The van der Waals surface area contributed by atoms with Crippen molar-refractivity contribution in [2.24, 2.45) is 0 Å². The Balaban J connectivity index is 1.21. The zero-order valence-corrected chi connectivity index (χ0v) is 27.1. The molecule has 1 aliphatic carbocycles. The van der Waals surface area contributed by atoms with Gasteiger partial charge in [0.25, 0.3) is 0 Å². The molecular weight excluding hydrogens is 720 g/mol. The molecule has 6 rings (SSSR count). The van der Waals surface area contributed by atoms with Crippen molar-refractivity contribution in [2.75, 3.05) is 22.1 Å². The van der Waals surface area contributed by atoms with Crippen LogP contribution in [0.4, 0.5) is 35.2 Å². The van der Waals surface area contributed by atoms with Crippen molar-refractivity contribution in [3.05, 3.63) is 86.2 Å². The monoisotopic (exact) mass is 738 g/mol. The molecule has 0 bridgehead atoms. The molecule has 1 aliphatic rings. The highest BCUT2D eigenvalue weighted by Crippen LogP contribution is 2.44. The Morgan fingerprint density at radius 3 is 1.81 bits per heavy atom. The zero-order chi connectivity index (χ0) is 29.1. The molecule has 3 heterocycles. The van der Waals surface area contributed by atoms with E-state index in [1.54, 1.807) is 32.9 Å². The van der Waals surface area contributed by atoms with Crippen LogP contribution in [0.15, 0.2) is 90.2 Å². The molecule has 0 unspecified atom stereocenters. The van der Waals surface area contributed by atoms with Gasteiger partial charge in [0.1, 0.15) is 0 Å². The molecule has 5 aromatic rings. The number of anilines is 6. The summed E-state index contributed by atoms with van der Waals surface area (Å²) in [5.41, 5.74) is 15.5. The normalized spacial score (nSPS) is 12.6. The van der Waals surface area contributed by atoms with E-state index >= 15 is 0 Å². The van der Waals surface area contributed by atoms with Crippen molar-refractivity contribution in [1.82, 2.24) is 29.9 Å². The minimum atomic E-state index is 0.134. The van der Waals surface area contributed by atoms with Crippen LogP contribution in [0.3, 0.4) is 0 Å². The van der Waals surface area contributed by atoms with Crippen LogP contribution in [0, 0.1) is 0 Å². The average Bonchev–Trinajstić information content (AvgIpc) is 3.60. The number of nitrogens with zero attached hydrogens (tertiary/aromatic N) is 6. The van der Waals surface area contributed by atoms with Crippen molar-refractivity contribution < 1.29 is 0 Å². The van der Waals surface area contributed by atoms with E-state index in [1.165, 1.54) is 0 Å². The standard InChI is InChI=1S/C27H20Br2N10S3/c28-16-7-5-6-14(16)22-34-24(30)38-26(36-22)32-18-8-1-3-10-20(18)41-42-21-11-4-2-9-19(21)33-27-37-23(35-25(31)39-27)15-12-40-13-17(15)29/h1-4,6-13H,5H2,(H3,30,32,34,36,38)(H3,31,33,35,37,39). The Hall–Kier alpha value is -3.50. The lowest BCUT2D eigenvalue weighted by Gasteiger charge is -2.13. The Bertz CT molecular complexity index is 1840. The lowest BCUT2D eigenvalue weighted by molar-refractivity contribution is 1.04. The van der Waals surface area contributed by atoms with Gasteiger partial charge in [0.05, 0.1) is 11.4 Å². The molecule has 0 saturated carbocycles. The number of para-hydroxylation sites is 2. The third-order valence-corrected chi connectivity index (χ3v) is 10.7. The van der Waals surface area contributed by atoms with Crippen LogP contribution in [-0.2, 0) is 0 Å². The molecule has 0 amide bonds. The summed E-state index contributed by atoms with van der Waals surface area (Å²) in [5, 5.41) is 10.6. The Morgan fingerprint density at radius 1 is 0.690 bits per heavy atom. The number of nitrogen functional groups attached to an aromatic ring is 2. The van der Waals surface area contributed by atoms with Gasteiger partial charge in [0.2, 0.25) is 23.8 Å². The fourth-order valence-corrected chi connectivity index (χ4v) is 8.13. The van der Waals surface area contributed by atoms with E-state index in [2.05, 4.69) is 78.5 Å². The Kier molecular flexibility index (Phi) is 8.71. The van der Waals surface area contributed by atoms with Gasteiger partial charge in [0, 0.05) is 40.6 Å². The molecule has 0 fully saturated rings. The first-order chi connectivity index (χ1) is 20.4. The number of aromatic nitrogens is 6. The van der Waals surface area contributed by atoms with E-state index in [-0.39, 0.29) is 11.9 Å². The molecular formula is C27H20Br2N10S3. The van der Waals surface area contributed by atoms with E-state index in [9.17, 15) is 0 Å². The highest BCUT2D eigenvalue weighted by molar-refractivity contribution is 9.12. The number of benzene rings is 2. The first kappa shape index (κ1) is 28.6. The van der Waals surface area contributed by atoms with Crippen LogP contribution in [-0.4, -0.2) is 29.9 Å². The number of hydrogen-bond donors (Lipinski definition) is 4. The zero-order valence-electron chi connectivity index (χ0n) is 21.5. The van der Waals surface area contributed by atoms with Crippen molar-refractivity contribution in [1.29, 1.82) is 0 Å². The van der Waals surface area contributed by atoms with Gasteiger partial charge < -0.3 is 22.1 Å². The first-order valence-electron chi connectivity index (χ1n) is 12.3. The molecule has 0 saturated heterocycles. The van der Waals surface area contributed by atoms with Gasteiger partial charge in [-0.15, -0.1) is 0 Å². The second-order valence-electron chi connectivity index (χ2n) is 8.63. The average molecular weight is 741 g/mol. The number of nitrogens with one attached hydrogen (secondary N) is 2. The summed E-state index contributed by atoms with van der Waals surface area (Å²) in [4.78, 5) is 28.4. The van der Waals surface area contributed by atoms with Crippen LogP contribution >= 0.6 is 64.8 Å². The van der Waals surface area contributed by atoms with Gasteiger partial charge >= 0.3 is 0 Å². The number of rotatable bonds is 9. The van der Waals surface area contributed by atoms with Gasteiger partial charge in [-0.3, -0.25) is 0 Å². The summed E-state index contributed by atoms with van der Waals surface area (Å²) in [5.74, 6) is 2.01. The molecule has 0 radical (unpaired) electrons. The summed E-state index contributed by atoms with van der Waals surface area (Å²) in [6, 6.07) is 15.8. The van der Waals surface area contributed by atoms with Crippen molar-refractivity contribution >= 4 is 106 Å². The minimum Gasteiger partial charge on any atom is -0.368 e. The second kappa shape index (κ2) is 12.8. The Labute approximate surface area is 269 Å². The van der Waals surface area contributed by atoms with E-state index in [1.807, 2.05) is 65.4 Å². The maximum Gasteiger partial charge on any atom is 0.232 e. The molecule has 0 atom stereocenters. The minimum absolute atomic E-state index is 0.134. The highest BCUT2D eigenvalue weighted by Gasteiger charge is 2.17. The largest absolute Gasteiger partial charge is 0.368 e. The molecule has 2 aromatic carbocycles. The molecule has 0 aliphatic heterocycles. The maximum absolute atomic E-state index is 6.03. The van der Waals surface area contributed by atoms with Crippen LogP contribution in [0.25, 0.3) is 17.0 Å². The lowest BCUT2D eigenvalue weighted by atomic mass is 10.3.